The van der Waals surface area contributed by atoms with Crippen molar-refractivity contribution in [2.75, 3.05) is 5.32 Å². The molecule has 1 fully saturated rings. The highest BCUT2D eigenvalue weighted by Gasteiger charge is 2.20. The molecular formula is C11H12ClN3O3. The van der Waals surface area contributed by atoms with Crippen LogP contribution in [0.15, 0.2) is 18.2 Å². The summed E-state index contributed by atoms with van der Waals surface area (Å²) in [5, 5.41) is 16.0. The minimum absolute atomic E-state index is 0.107. The van der Waals surface area contributed by atoms with E-state index in [0.29, 0.717) is 5.69 Å². The second-order valence-corrected chi connectivity index (χ2v) is 4.55. The van der Waals surface area contributed by atoms with Crippen molar-refractivity contribution < 1.29 is 9.72 Å². The van der Waals surface area contributed by atoms with Gasteiger partial charge in [-0.15, -0.1) is 0 Å². The van der Waals surface area contributed by atoms with Crippen molar-refractivity contribution >= 4 is 29.0 Å². The van der Waals surface area contributed by atoms with Crippen LogP contribution in [0.1, 0.15) is 19.3 Å². The van der Waals surface area contributed by atoms with E-state index in [0.717, 1.165) is 19.3 Å². The summed E-state index contributed by atoms with van der Waals surface area (Å²) < 4.78 is 0. The Kier molecular flexibility index (Phi) is 3.66. The Morgan fingerprint density at radius 1 is 1.44 bits per heavy atom. The van der Waals surface area contributed by atoms with E-state index < -0.39 is 4.92 Å². The lowest BCUT2D eigenvalue weighted by molar-refractivity contribution is -0.384. The maximum Gasteiger partial charge on any atom is 0.319 e. The second-order valence-electron chi connectivity index (χ2n) is 4.15. The summed E-state index contributed by atoms with van der Waals surface area (Å²) in [6, 6.07) is 3.81. The quantitative estimate of drug-likeness (QED) is 0.653. The Morgan fingerprint density at radius 2 is 2.17 bits per heavy atom. The lowest BCUT2D eigenvalue weighted by Crippen LogP contribution is -2.41. The van der Waals surface area contributed by atoms with Gasteiger partial charge in [0.1, 0.15) is 0 Å². The van der Waals surface area contributed by atoms with Crippen molar-refractivity contribution in [2.45, 2.75) is 25.3 Å². The van der Waals surface area contributed by atoms with E-state index in [9.17, 15) is 14.9 Å². The van der Waals surface area contributed by atoms with Crippen LogP contribution in [0.4, 0.5) is 16.2 Å². The molecule has 7 heteroatoms. The number of hydrogen-bond acceptors (Lipinski definition) is 3. The predicted octanol–water partition coefficient (Wildman–Crippen LogP) is 2.92. The Balaban J connectivity index is 2.00. The number of nitrogens with zero attached hydrogens (tertiary/aromatic N) is 1. The molecule has 6 nitrogen and oxygen atoms in total. The third kappa shape index (κ3) is 2.89. The number of urea groups is 1. The molecule has 0 heterocycles. The molecule has 18 heavy (non-hydrogen) atoms. The standard InChI is InChI=1S/C11H12ClN3O3/c12-9-6-8(15(17)18)4-5-10(9)14-11(16)13-7-2-1-3-7/h4-7H,1-3H2,(H2,13,14,16). The van der Waals surface area contributed by atoms with E-state index in [1.807, 2.05) is 0 Å². The van der Waals surface area contributed by atoms with E-state index >= 15 is 0 Å². The lowest BCUT2D eigenvalue weighted by atomic mass is 9.93. The first-order valence-electron chi connectivity index (χ1n) is 5.58. The van der Waals surface area contributed by atoms with Crippen molar-refractivity contribution in [1.82, 2.24) is 5.32 Å². The summed E-state index contributed by atoms with van der Waals surface area (Å²) in [6.07, 6.45) is 3.10. The first kappa shape index (κ1) is 12.6. The minimum Gasteiger partial charge on any atom is -0.335 e. The number of nitro benzene ring substituents is 1. The average Bonchev–Trinajstić information content (AvgIpc) is 2.26. The van der Waals surface area contributed by atoms with Crippen LogP contribution in [0.5, 0.6) is 0 Å². The Labute approximate surface area is 108 Å². The van der Waals surface area contributed by atoms with Crippen molar-refractivity contribution in [2.24, 2.45) is 0 Å². The van der Waals surface area contributed by atoms with Crippen LogP contribution in [-0.4, -0.2) is 17.0 Å². The number of benzene rings is 1. The number of carbonyl (C=O) groups excluding carboxylic acids is 1. The van der Waals surface area contributed by atoms with Crippen LogP contribution in [0.3, 0.4) is 0 Å². The molecule has 0 unspecified atom stereocenters. The van der Waals surface area contributed by atoms with Gasteiger partial charge in [0.05, 0.1) is 15.6 Å². The number of hydrogen-bond donors (Lipinski definition) is 2. The number of halogens is 1. The predicted molar refractivity (Wildman–Crippen MR) is 67.9 cm³/mol. The van der Waals surface area contributed by atoms with Gasteiger partial charge in [0.25, 0.3) is 5.69 Å². The molecule has 0 bridgehead atoms. The molecule has 0 atom stereocenters. The number of carbonyl (C=O) groups is 1. The van der Waals surface area contributed by atoms with Gasteiger partial charge in [0, 0.05) is 18.2 Å². The fourth-order valence-electron chi connectivity index (χ4n) is 1.62. The molecule has 1 aromatic carbocycles. The van der Waals surface area contributed by atoms with E-state index in [2.05, 4.69) is 10.6 Å². The van der Waals surface area contributed by atoms with Crippen molar-refractivity contribution in [1.29, 1.82) is 0 Å². The van der Waals surface area contributed by atoms with Crippen molar-refractivity contribution in [3.63, 3.8) is 0 Å². The average molecular weight is 270 g/mol. The molecule has 0 aromatic heterocycles. The number of nitrogens with one attached hydrogen (secondary N) is 2. The number of anilines is 1. The lowest BCUT2D eigenvalue weighted by Gasteiger charge is -2.26. The number of rotatable bonds is 3. The third-order valence-corrected chi connectivity index (χ3v) is 3.16. The van der Waals surface area contributed by atoms with Gasteiger partial charge in [-0.3, -0.25) is 10.1 Å². The molecule has 0 saturated heterocycles. The number of nitro groups is 1. The molecule has 1 saturated carbocycles. The van der Waals surface area contributed by atoms with Crippen LogP contribution in [0.25, 0.3) is 0 Å². The fourth-order valence-corrected chi connectivity index (χ4v) is 1.84. The van der Waals surface area contributed by atoms with Crippen LogP contribution in [-0.2, 0) is 0 Å². The first-order valence-corrected chi connectivity index (χ1v) is 5.95. The van der Waals surface area contributed by atoms with E-state index in [1.165, 1.54) is 18.2 Å². The highest BCUT2D eigenvalue weighted by molar-refractivity contribution is 6.33. The van der Waals surface area contributed by atoms with Crippen molar-refractivity contribution in [3.05, 3.63) is 33.3 Å². The van der Waals surface area contributed by atoms with E-state index in [4.69, 9.17) is 11.6 Å². The van der Waals surface area contributed by atoms with Gasteiger partial charge in [-0.25, -0.2) is 4.79 Å². The normalized spacial score (nSPS) is 14.7. The summed E-state index contributed by atoms with van der Waals surface area (Å²) in [5.41, 5.74) is 0.254. The zero-order valence-electron chi connectivity index (χ0n) is 9.48. The molecule has 0 radical (unpaired) electrons. The Bertz CT molecular complexity index is 488. The summed E-state index contributed by atoms with van der Waals surface area (Å²) in [5.74, 6) is 0. The maximum absolute atomic E-state index is 11.6. The fraction of sp³-hybridized carbons (Fsp3) is 0.364. The highest BCUT2D eigenvalue weighted by Crippen LogP contribution is 2.26. The smallest absolute Gasteiger partial charge is 0.319 e. The second kappa shape index (κ2) is 5.22. The monoisotopic (exact) mass is 269 g/mol. The summed E-state index contributed by atoms with van der Waals surface area (Å²) >= 11 is 5.86. The van der Waals surface area contributed by atoms with Gasteiger partial charge in [-0.1, -0.05) is 11.6 Å². The largest absolute Gasteiger partial charge is 0.335 e. The van der Waals surface area contributed by atoms with Gasteiger partial charge in [-0.2, -0.15) is 0 Å². The SMILES string of the molecule is O=C(Nc1ccc([N+](=O)[O-])cc1Cl)NC1CCC1. The molecule has 1 aromatic rings. The zero-order chi connectivity index (χ0) is 13.1. The topological polar surface area (TPSA) is 84.3 Å². The van der Waals surface area contributed by atoms with Crippen LogP contribution >= 0.6 is 11.6 Å². The van der Waals surface area contributed by atoms with E-state index in [-0.39, 0.29) is 22.8 Å². The molecule has 1 aliphatic rings. The molecule has 2 rings (SSSR count). The maximum atomic E-state index is 11.6. The van der Waals surface area contributed by atoms with E-state index in [1.54, 1.807) is 0 Å². The van der Waals surface area contributed by atoms with Crippen molar-refractivity contribution in [3.8, 4) is 0 Å². The molecule has 0 aliphatic heterocycles. The van der Waals surface area contributed by atoms with Gasteiger partial charge < -0.3 is 10.6 Å². The molecule has 2 amide bonds. The van der Waals surface area contributed by atoms with Gasteiger partial charge in [-0.05, 0) is 25.3 Å². The van der Waals surface area contributed by atoms with Gasteiger partial charge in [0.2, 0.25) is 0 Å². The van der Waals surface area contributed by atoms with Gasteiger partial charge in [0.15, 0.2) is 0 Å². The molecule has 96 valence electrons. The van der Waals surface area contributed by atoms with Crippen LogP contribution in [0, 0.1) is 10.1 Å². The van der Waals surface area contributed by atoms with Crippen LogP contribution in [0.2, 0.25) is 5.02 Å². The summed E-state index contributed by atoms with van der Waals surface area (Å²) in [4.78, 5) is 21.6. The minimum atomic E-state index is -0.538. The molecule has 2 N–H and O–H groups in total. The first-order chi connectivity index (χ1) is 8.56. The Morgan fingerprint density at radius 3 is 2.67 bits per heavy atom. The van der Waals surface area contributed by atoms with Crippen LogP contribution < -0.4 is 10.6 Å². The zero-order valence-corrected chi connectivity index (χ0v) is 10.2. The summed E-state index contributed by atoms with van der Waals surface area (Å²) in [7, 11) is 0. The molecule has 0 spiro atoms. The third-order valence-electron chi connectivity index (χ3n) is 2.85. The Hall–Kier alpha value is -1.82. The number of amides is 2. The number of non-ortho nitro benzene ring substituents is 1. The molecule has 1 aliphatic carbocycles. The molecular weight excluding hydrogens is 258 g/mol. The summed E-state index contributed by atoms with van der Waals surface area (Å²) in [6.45, 7) is 0. The van der Waals surface area contributed by atoms with Gasteiger partial charge >= 0.3 is 6.03 Å². The highest BCUT2D eigenvalue weighted by atomic mass is 35.5.